The monoisotopic (exact) mass is 347 g/mol. The van der Waals surface area contributed by atoms with Crippen molar-refractivity contribution in [2.45, 2.75) is 18.9 Å². The fraction of sp³-hybridized carbons (Fsp3) is 0.333. The van der Waals surface area contributed by atoms with Gasteiger partial charge in [0.05, 0.1) is 17.8 Å². The summed E-state index contributed by atoms with van der Waals surface area (Å²) in [5, 5.41) is 3.58. The van der Waals surface area contributed by atoms with Crippen LogP contribution in [0.4, 0.5) is 4.39 Å². The zero-order valence-corrected chi connectivity index (χ0v) is 14.0. The number of hydrogen-bond donors (Lipinski definition) is 1. The second kappa shape index (κ2) is 7.73. The molecule has 1 aromatic heterocycles. The van der Waals surface area contributed by atoms with E-state index in [1.165, 1.54) is 12.3 Å². The van der Waals surface area contributed by atoms with Gasteiger partial charge in [0.1, 0.15) is 5.82 Å². The van der Waals surface area contributed by atoms with Gasteiger partial charge in [-0.2, -0.15) is 0 Å². The predicted molar refractivity (Wildman–Crippen MR) is 91.5 cm³/mol. The van der Waals surface area contributed by atoms with Crippen LogP contribution in [0, 0.1) is 5.82 Å². The smallest absolute Gasteiger partial charge is 0.253 e. The first-order valence-electron chi connectivity index (χ1n) is 8.02. The molecule has 4 nitrogen and oxygen atoms in total. The number of hydrogen-bond acceptors (Lipinski definition) is 3. The van der Waals surface area contributed by atoms with Gasteiger partial charge >= 0.3 is 0 Å². The van der Waals surface area contributed by atoms with Crippen LogP contribution in [0.1, 0.15) is 34.8 Å². The Morgan fingerprint density at radius 3 is 2.62 bits per heavy atom. The van der Waals surface area contributed by atoms with Gasteiger partial charge in [0, 0.05) is 17.8 Å². The standard InChI is InChI=1S/C18H19ClFN3O/c19-15-5-3-13(4-6-15)17(23-7-1-2-8-23)12-22-18(24)14-9-16(20)11-21-10-14/h3-6,9-11,17H,1-2,7-8,12H2,(H,22,24)/t17-/m0/s1. The van der Waals surface area contributed by atoms with Crippen LogP contribution in [-0.2, 0) is 0 Å². The number of aromatic nitrogens is 1. The van der Waals surface area contributed by atoms with Crippen molar-refractivity contribution in [2.24, 2.45) is 0 Å². The number of rotatable bonds is 5. The summed E-state index contributed by atoms with van der Waals surface area (Å²) in [7, 11) is 0. The van der Waals surface area contributed by atoms with Gasteiger partial charge in [0.2, 0.25) is 0 Å². The van der Waals surface area contributed by atoms with Crippen LogP contribution in [-0.4, -0.2) is 35.4 Å². The Bertz CT molecular complexity index is 702. The number of nitrogens with one attached hydrogen (secondary N) is 1. The molecule has 126 valence electrons. The molecule has 1 aromatic carbocycles. The van der Waals surface area contributed by atoms with E-state index < -0.39 is 5.82 Å². The summed E-state index contributed by atoms with van der Waals surface area (Å²) in [6.07, 6.45) is 4.76. The molecule has 0 radical (unpaired) electrons. The highest BCUT2D eigenvalue weighted by Gasteiger charge is 2.24. The first-order chi connectivity index (χ1) is 11.6. The molecule has 1 N–H and O–H groups in total. The third kappa shape index (κ3) is 4.10. The predicted octanol–water partition coefficient (Wildman–Crippen LogP) is 3.44. The van der Waals surface area contributed by atoms with Gasteiger partial charge in [-0.15, -0.1) is 0 Å². The van der Waals surface area contributed by atoms with E-state index in [2.05, 4.69) is 15.2 Å². The lowest BCUT2D eigenvalue weighted by molar-refractivity contribution is 0.0937. The molecule has 0 unspecified atom stereocenters. The van der Waals surface area contributed by atoms with E-state index in [1.54, 1.807) is 0 Å². The van der Waals surface area contributed by atoms with Gasteiger partial charge in [0.25, 0.3) is 5.91 Å². The summed E-state index contributed by atoms with van der Waals surface area (Å²) < 4.78 is 13.2. The molecule has 1 amide bonds. The molecule has 0 bridgehead atoms. The Hall–Kier alpha value is -1.98. The van der Waals surface area contributed by atoms with Crippen molar-refractivity contribution in [3.05, 3.63) is 64.7 Å². The molecule has 1 atom stereocenters. The van der Waals surface area contributed by atoms with E-state index in [-0.39, 0.29) is 17.5 Å². The minimum atomic E-state index is -0.517. The van der Waals surface area contributed by atoms with Crippen molar-refractivity contribution >= 4 is 17.5 Å². The van der Waals surface area contributed by atoms with E-state index in [9.17, 15) is 9.18 Å². The van der Waals surface area contributed by atoms with Gasteiger partial charge < -0.3 is 5.32 Å². The number of nitrogens with zero attached hydrogens (tertiary/aromatic N) is 2. The topological polar surface area (TPSA) is 45.2 Å². The van der Waals surface area contributed by atoms with E-state index in [1.807, 2.05) is 24.3 Å². The SMILES string of the molecule is O=C(NC[C@@H](c1ccc(Cl)cc1)N1CCCC1)c1cncc(F)c1. The Balaban J connectivity index is 1.72. The number of benzene rings is 1. The number of carbonyl (C=O) groups is 1. The zero-order chi connectivity index (χ0) is 16.9. The summed E-state index contributed by atoms with van der Waals surface area (Å²) in [5.74, 6) is -0.836. The van der Waals surface area contributed by atoms with Crippen LogP contribution < -0.4 is 5.32 Å². The fourth-order valence-electron chi connectivity index (χ4n) is 3.02. The van der Waals surface area contributed by atoms with Crippen LogP contribution >= 0.6 is 11.6 Å². The maximum atomic E-state index is 13.2. The minimum Gasteiger partial charge on any atom is -0.350 e. The van der Waals surface area contributed by atoms with Crippen molar-refractivity contribution in [3.8, 4) is 0 Å². The molecule has 1 aliphatic rings. The largest absolute Gasteiger partial charge is 0.350 e. The molecule has 0 saturated carbocycles. The molecular formula is C18H19ClFN3O. The maximum absolute atomic E-state index is 13.2. The molecule has 3 rings (SSSR count). The van der Waals surface area contributed by atoms with Gasteiger partial charge in [-0.25, -0.2) is 4.39 Å². The molecule has 6 heteroatoms. The number of pyridine rings is 1. The Morgan fingerprint density at radius 2 is 1.96 bits per heavy atom. The molecule has 0 aliphatic carbocycles. The quantitative estimate of drug-likeness (QED) is 0.901. The Kier molecular flexibility index (Phi) is 5.43. The summed E-state index contributed by atoms with van der Waals surface area (Å²) in [6, 6.07) is 8.96. The number of amides is 1. The lowest BCUT2D eigenvalue weighted by Gasteiger charge is -2.28. The molecular weight excluding hydrogens is 329 g/mol. The average Bonchev–Trinajstić information content (AvgIpc) is 3.11. The van der Waals surface area contributed by atoms with Gasteiger partial charge in [-0.05, 0) is 49.7 Å². The first-order valence-corrected chi connectivity index (χ1v) is 8.39. The first kappa shape index (κ1) is 16.9. The van der Waals surface area contributed by atoms with Crippen molar-refractivity contribution in [3.63, 3.8) is 0 Å². The Labute approximate surface area is 145 Å². The van der Waals surface area contributed by atoms with E-state index in [0.29, 0.717) is 11.6 Å². The molecule has 0 spiro atoms. The van der Waals surface area contributed by atoms with E-state index in [0.717, 1.165) is 37.7 Å². The molecule has 2 heterocycles. The van der Waals surface area contributed by atoms with Crippen LogP contribution in [0.2, 0.25) is 5.02 Å². The summed E-state index contributed by atoms with van der Waals surface area (Å²) >= 11 is 5.97. The van der Waals surface area contributed by atoms with E-state index in [4.69, 9.17) is 11.6 Å². The zero-order valence-electron chi connectivity index (χ0n) is 13.2. The number of halogens is 2. The van der Waals surface area contributed by atoms with Gasteiger partial charge in [-0.3, -0.25) is 14.7 Å². The molecule has 1 fully saturated rings. The minimum absolute atomic E-state index is 0.0789. The molecule has 1 aliphatic heterocycles. The van der Waals surface area contributed by atoms with Crippen molar-refractivity contribution in [1.82, 2.24) is 15.2 Å². The second-order valence-electron chi connectivity index (χ2n) is 5.91. The van der Waals surface area contributed by atoms with Crippen molar-refractivity contribution in [1.29, 1.82) is 0 Å². The maximum Gasteiger partial charge on any atom is 0.253 e. The van der Waals surface area contributed by atoms with Crippen LogP contribution in [0.25, 0.3) is 0 Å². The summed E-state index contributed by atoms with van der Waals surface area (Å²) in [4.78, 5) is 18.3. The number of likely N-dealkylation sites (tertiary alicyclic amines) is 1. The number of carbonyl (C=O) groups excluding carboxylic acids is 1. The second-order valence-corrected chi connectivity index (χ2v) is 6.35. The van der Waals surface area contributed by atoms with Crippen molar-refractivity contribution < 1.29 is 9.18 Å². The normalized spacial score (nSPS) is 16.1. The van der Waals surface area contributed by atoms with Crippen LogP contribution in [0.5, 0.6) is 0 Å². The molecule has 2 aromatic rings. The highest BCUT2D eigenvalue weighted by atomic mass is 35.5. The van der Waals surface area contributed by atoms with Crippen molar-refractivity contribution in [2.75, 3.05) is 19.6 Å². The van der Waals surface area contributed by atoms with E-state index >= 15 is 0 Å². The highest BCUT2D eigenvalue weighted by molar-refractivity contribution is 6.30. The lowest BCUT2D eigenvalue weighted by atomic mass is 10.1. The lowest BCUT2D eigenvalue weighted by Crippen LogP contribution is -2.36. The summed E-state index contributed by atoms with van der Waals surface area (Å²) in [5.41, 5.74) is 1.34. The fourth-order valence-corrected chi connectivity index (χ4v) is 3.15. The third-order valence-electron chi connectivity index (χ3n) is 4.26. The Morgan fingerprint density at radius 1 is 1.25 bits per heavy atom. The van der Waals surface area contributed by atoms with Crippen LogP contribution in [0.3, 0.4) is 0 Å². The highest BCUT2D eigenvalue weighted by Crippen LogP contribution is 2.25. The average molecular weight is 348 g/mol. The third-order valence-corrected chi connectivity index (χ3v) is 4.51. The van der Waals surface area contributed by atoms with Crippen LogP contribution in [0.15, 0.2) is 42.7 Å². The molecule has 24 heavy (non-hydrogen) atoms. The van der Waals surface area contributed by atoms with Gasteiger partial charge in [-0.1, -0.05) is 23.7 Å². The summed E-state index contributed by atoms with van der Waals surface area (Å²) in [6.45, 7) is 2.46. The van der Waals surface area contributed by atoms with Gasteiger partial charge in [0.15, 0.2) is 0 Å². The molecule has 1 saturated heterocycles.